The molecule has 5 heteroatoms. The van der Waals surface area contributed by atoms with Crippen molar-refractivity contribution in [1.82, 2.24) is 5.01 Å². The average molecular weight is 247 g/mol. The van der Waals surface area contributed by atoms with E-state index in [0.29, 0.717) is 5.56 Å². The maximum Gasteiger partial charge on any atom is 0.287 e. The Morgan fingerprint density at radius 3 is 2.50 bits per heavy atom. The third-order valence-electron chi connectivity index (χ3n) is 3.13. The second kappa shape index (κ2) is 4.10. The fraction of sp³-hybridized carbons (Fsp3) is 0.385. The Bertz CT molecular complexity index is 525. The summed E-state index contributed by atoms with van der Waals surface area (Å²) >= 11 is 0. The fourth-order valence-electron chi connectivity index (χ4n) is 2.09. The van der Waals surface area contributed by atoms with E-state index in [9.17, 15) is 9.90 Å². The van der Waals surface area contributed by atoms with Crippen LogP contribution in [0, 0.1) is 6.92 Å². The molecular weight excluding hydrogens is 230 g/mol. The van der Waals surface area contributed by atoms with Gasteiger partial charge in [0.2, 0.25) is 5.60 Å². The molecule has 0 fully saturated rings. The lowest BCUT2D eigenvalue weighted by Gasteiger charge is -2.25. The molecule has 1 heterocycles. The van der Waals surface area contributed by atoms with Gasteiger partial charge in [-0.25, -0.2) is 5.01 Å². The molecule has 0 spiro atoms. The van der Waals surface area contributed by atoms with Crippen molar-refractivity contribution >= 4 is 11.7 Å². The van der Waals surface area contributed by atoms with Crippen molar-refractivity contribution in [3.8, 4) is 0 Å². The van der Waals surface area contributed by atoms with E-state index in [0.717, 1.165) is 5.56 Å². The van der Waals surface area contributed by atoms with Crippen molar-refractivity contribution in [2.24, 2.45) is 10.8 Å². The van der Waals surface area contributed by atoms with Crippen molar-refractivity contribution in [2.45, 2.75) is 32.4 Å². The van der Waals surface area contributed by atoms with Gasteiger partial charge in [0.05, 0.1) is 6.04 Å². The topological polar surface area (TPSA) is 78.9 Å². The Hall–Kier alpha value is -1.88. The van der Waals surface area contributed by atoms with Crippen molar-refractivity contribution in [3.63, 3.8) is 0 Å². The number of aryl methyl sites for hydroxylation is 1. The number of aliphatic hydroxyl groups is 1. The molecular formula is C13H17N3O2. The van der Waals surface area contributed by atoms with Crippen LogP contribution < -0.4 is 5.73 Å². The summed E-state index contributed by atoms with van der Waals surface area (Å²) in [4.78, 5) is 12.3. The van der Waals surface area contributed by atoms with Crippen LogP contribution in [0.15, 0.2) is 29.4 Å². The predicted molar refractivity (Wildman–Crippen MR) is 68.7 cm³/mol. The molecule has 0 aromatic heterocycles. The number of nitrogens with two attached hydrogens (primary N) is 1. The van der Waals surface area contributed by atoms with Gasteiger partial charge in [0.1, 0.15) is 0 Å². The minimum absolute atomic E-state index is 0.0736. The Morgan fingerprint density at radius 1 is 1.39 bits per heavy atom. The highest BCUT2D eigenvalue weighted by Gasteiger charge is 2.51. The highest BCUT2D eigenvalue weighted by atomic mass is 16.3. The molecule has 0 aliphatic carbocycles. The lowest BCUT2D eigenvalue weighted by molar-refractivity contribution is -0.144. The SMILES string of the molecule is Cc1ccccc1C1(O)C(=O)N(C(C)C)N=C1N. The Labute approximate surface area is 106 Å². The highest BCUT2D eigenvalue weighted by Crippen LogP contribution is 2.32. The van der Waals surface area contributed by atoms with Crippen LogP contribution in [0.2, 0.25) is 0 Å². The summed E-state index contributed by atoms with van der Waals surface area (Å²) < 4.78 is 0. The van der Waals surface area contributed by atoms with E-state index in [-0.39, 0.29) is 11.9 Å². The zero-order valence-electron chi connectivity index (χ0n) is 10.7. The quantitative estimate of drug-likeness (QED) is 0.807. The first-order valence-corrected chi connectivity index (χ1v) is 5.85. The Balaban J connectivity index is 2.54. The average Bonchev–Trinajstić information content (AvgIpc) is 2.55. The number of nitrogens with zero attached hydrogens (tertiary/aromatic N) is 2. The molecule has 1 aromatic rings. The number of hydrogen-bond donors (Lipinski definition) is 2. The van der Waals surface area contributed by atoms with E-state index in [4.69, 9.17) is 5.73 Å². The van der Waals surface area contributed by atoms with E-state index >= 15 is 0 Å². The fourth-order valence-corrected chi connectivity index (χ4v) is 2.09. The largest absolute Gasteiger partial charge is 0.382 e. The molecule has 0 saturated heterocycles. The van der Waals surface area contributed by atoms with Gasteiger partial charge in [-0.3, -0.25) is 4.79 Å². The van der Waals surface area contributed by atoms with Gasteiger partial charge in [0.25, 0.3) is 5.91 Å². The molecule has 1 aromatic carbocycles. The van der Waals surface area contributed by atoms with E-state index in [2.05, 4.69) is 5.10 Å². The van der Waals surface area contributed by atoms with E-state index in [1.54, 1.807) is 12.1 Å². The molecule has 0 radical (unpaired) electrons. The first-order chi connectivity index (χ1) is 8.39. The van der Waals surface area contributed by atoms with Crippen molar-refractivity contribution in [1.29, 1.82) is 0 Å². The van der Waals surface area contributed by atoms with Crippen LogP contribution >= 0.6 is 0 Å². The Morgan fingerprint density at radius 2 is 2.00 bits per heavy atom. The van der Waals surface area contributed by atoms with E-state index in [1.165, 1.54) is 5.01 Å². The van der Waals surface area contributed by atoms with Crippen LogP contribution in [0.25, 0.3) is 0 Å². The number of benzene rings is 1. The maximum atomic E-state index is 12.3. The van der Waals surface area contributed by atoms with E-state index in [1.807, 2.05) is 32.9 Å². The zero-order valence-corrected chi connectivity index (χ0v) is 10.7. The molecule has 1 atom stereocenters. The monoisotopic (exact) mass is 247 g/mol. The van der Waals surface area contributed by atoms with Crippen LogP contribution in [0.5, 0.6) is 0 Å². The normalized spacial score (nSPS) is 23.7. The second-order valence-corrected chi connectivity index (χ2v) is 4.75. The maximum absolute atomic E-state index is 12.3. The first-order valence-electron chi connectivity index (χ1n) is 5.85. The lowest BCUT2D eigenvalue weighted by Crippen LogP contribution is -2.48. The van der Waals surface area contributed by atoms with Gasteiger partial charge in [-0.05, 0) is 26.3 Å². The van der Waals surface area contributed by atoms with Gasteiger partial charge in [-0.15, -0.1) is 0 Å². The number of carbonyl (C=O) groups is 1. The summed E-state index contributed by atoms with van der Waals surface area (Å²) in [5.41, 5.74) is 5.22. The van der Waals surface area contributed by atoms with Gasteiger partial charge < -0.3 is 10.8 Å². The van der Waals surface area contributed by atoms with Crippen LogP contribution in [-0.2, 0) is 10.4 Å². The molecule has 3 N–H and O–H groups in total. The number of rotatable bonds is 2. The minimum atomic E-state index is -1.84. The molecule has 2 rings (SSSR count). The summed E-state index contributed by atoms with van der Waals surface area (Å²) in [6.07, 6.45) is 0. The molecule has 1 aliphatic heterocycles. The number of amidine groups is 1. The standard InChI is InChI=1S/C13H17N3O2/c1-8(2)16-12(17)13(18,11(14)15-16)10-7-5-4-6-9(10)3/h4-8,18H,1-3H3,(H2,14,15). The molecule has 18 heavy (non-hydrogen) atoms. The van der Waals surface area contributed by atoms with Crippen molar-refractivity contribution in [3.05, 3.63) is 35.4 Å². The van der Waals surface area contributed by atoms with Gasteiger partial charge in [0, 0.05) is 5.56 Å². The van der Waals surface area contributed by atoms with Crippen LogP contribution in [0.1, 0.15) is 25.0 Å². The first kappa shape index (κ1) is 12.6. The third kappa shape index (κ3) is 1.59. The lowest BCUT2D eigenvalue weighted by atomic mass is 9.89. The number of carbonyl (C=O) groups excluding carboxylic acids is 1. The smallest absolute Gasteiger partial charge is 0.287 e. The van der Waals surface area contributed by atoms with Gasteiger partial charge in [0.15, 0.2) is 5.84 Å². The minimum Gasteiger partial charge on any atom is -0.382 e. The van der Waals surface area contributed by atoms with Crippen LogP contribution in [-0.4, -0.2) is 27.9 Å². The number of hydrazone groups is 1. The zero-order chi connectivity index (χ0) is 13.5. The molecule has 1 aliphatic rings. The van der Waals surface area contributed by atoms with Gasteiger partial charge in [-0.1, -0.05) is 24.3 Å². The molecule has 96 valence electrons. The summed E-state index contributed by atoms with van der Waals surface area (Å²) in [5, 5.41) is 15.8. The summed E-state index contributed by atoms with van der Waals surface area (Å²) in [5.74, 6) is -0.570. The number of hydrogen-bond acceptors (Lipinski definition) is 4. The summed E-state index contributed by atoms with van der Waals surface area (Å²) in [7, 11) is 0. The molecule has 1 unspecified atom stereocenters. The van der Waals surface area contributed by atoms with Gasteiger partial charge >= 0.3 is 0 Å². The third-order valence-corrected chi connectivity index (χ3v) is 3.13. The van der Waals surface area contributed by atoms with Crippen LogP contribution in [0.3, 0.4) is 0 Å². The van der Waals surface area contributed by atoms with E-state index < -0.39 is 11.5 Å². The number of amides is 1. The van der Waals surface area contributed by atoms with Gasteiger partial charge in [-0.2, -0.15) is 5.10 Å². The second-order valence-electron chi connectivity index (χ2n) is 4.75. The summed E-state index contributed by atoms with van der Waals surface area (Å²) in [6.45, 7) is 5.46. The summed E-state index contributed by atoms with van der Waals surface area (Å²) in [6, 6.07) is 6.98. The van der Waals surface area contributed by atoms with Crippen LogP contribution in [0.4, 0.5) is 0 Å². The molecule has 1 amide bonds. The van der Waals surface area contributed by atoms with Crippen molar-refractivity contribution in [2.75, 3.05) is 0 Å². The molecule has 5 nitrogen and oxygen atoms in total. The Kier molecular flexibility index (Phi) is 2.86. The molecule has 0 saturated carbocycles. The molecule has 0 bridgehead atoms. The predicted octanol–water partition coefficient (Wildman–Crippen LogP) is 0.705. The highest BCUT2D eigenvalue weighted by molar-refractivity contribution is 6.14. The van der Waals surface area contributed by atoms with Crippen molar-refractivity contribution < 1.29 is 9.90 Å².